The molecule has 0 unspecified atom stereocenters. The summed E-state index contributed by atoms with van der Waals surface area (Å²) >= 11 is 0. The number of carbonyl (C=O) groups is 1. The molecule has 112 valence electrons. The summed E-state index contributed by atoms with van der Waals surface area (Å²) in [5.41, 5.74) is 7.75. The summed E-state index contributed by atoms with van der Waals surface area (Å²) in [6.07, 6.45) is 3.48. The summed E-state index contributed by atoms with van der Waals surface area (Å²) in [6, 6.07) is 7.67. The normalized spacial score (nSPS) is 10.7. The van der Waals surface area contributed by atoms with Crippen molar-refractivity contribution in [2.24, 2.45) is 5.73 Å². The highest BCUT2D eigenvalue weighted by molar-refractivity contribution is 5.96. The van der Waals surface area contributed by atoms with Crippen LogP contribution in [0, 0.1) is 0 Å². The van der Waals surface area contributed by atoms with E-state index in [1.807, 2.05) is 24.3 Å². The molecule has 1 aromatic carbocycles. The van der Waals surface area contributed by atoms with E-state index < -0.39 is 5.91 Å². The molecule has 0 aliphatic heterocycles. The Balaban J connectivity index is 1.95. The third kappa shape index (κ3) is 4.13. The first-order valence-corrected chi connectivity index (χ1v) is 7.10. The fourth-order valence-electron chi connectivity index (χ4n) is 2.01. The third-order valence-electron chi connectivity index (χ3n) is 3.17. The largest absolute Gasteiger partial charge is 0.377 e. The molecule has 1 aromatic heterocycles. The number of aromatic amines is 1. The smallest absolute Gasteiger partial charge is 0.271 e. The zero-order chi connectivity index (χ0) is 15.1. The average Bonchev–Trinajstić information content (AvgIpc) is 2.97. The molecule has 21 heavy (non-hydrogen) atoms. The van der Waals surface area contributed by atoms with Crippen LogP contribution in [0.2, 0.25) is 0 Å². The van der Waals surface area contributed by atoms with Crippen LogP contribution >= 0.6 is 0 Å². The van der Waals surface area contributed by atoms with E-state index in [0.29, 0.717) is 12.3 Å². The molecule has 0 aliphatic rings. The van der Waals surface area contributed by atoms with Crippen LogP contribution in [0.25, 0.3) is 11.3 Å². The molecule has 6 heteroatoms. The lowest BCUT2D eigenvalue weighted by atomic mass is 10.1. The maximum Gasteiger partial charge on any atom is 0.271 e. The number of nitrogens with zero attached hydrogens (tertiary/aromatic N) is 2. The van der Waals surface area contributed by atoms with E-state index in [9.17, 15) is 4.79 Å². The number of rotatable bonds is 8. The van der Waals surface area contributed by atoms with Crippen LogP contribution in [0.15, 0.2) is 24.3 Å². The highest BCUT2D eigenvalue weighted by atomic mass is 16.5. The second-order valence-electron chi connectivity index (χ2n) is 4.84. The van der Waals surface area contributed by atoms with Crippen LogP contribution in [-0.2, 0) is 11.3 Å². The van der Waals surface area contributed by atoms with Gasteiger partial charge in [0.2, 0.25) is 0 Å². The van der Waals surface area contributed by atoms with Crippen LogP contribution in [0.1, 0.15) is 42.2 Å². The van der Waals surface area contributed by atoms with Gasteiger partial charge in [-0.05, 0) is 12.0 Å². The van der Waals surface area contributed by atoms with Crippen molar-refractivity contribution in [3.63, 3.8) is 0 Å². The lowest BCUT2D eigenvalue weighted by Gasteiger charge is -2.05. The van der Waals surface area contributed by atoms with Gasteiger partial charge < -0.3 is 10.5 Å². The monoisotopic (exact) mass is 288 g/mol. The lowest BCUT2D eigenvalue weighted by Crippen LogP contribution is -2.12. The van der Waals surface area contributed by atoms with Crippen molar-refractivity contribution in [1.82, 2.24) is 15.4 Å². The summed E-state index contributed by atoms with van der Waals surface area (Å²) < 4.78 is 5.61. The predicted octanol–water partition coefficient (Wildman–Crippen LogP) is 2.28. The Morgan fingerprint density at radius 1 is 1.24 bits per heavy atom. The van der Waals surface area contributed by atoms with Crippen molar-refractivity contribution in [3.05, 3.63) is 35.5 Å². The van der Waals surface area contributed by atoms with Crippen LogP contribution in [-0.4, -0.2) is 27.9 Å². The quantitative estimate of drug-likeness (QED) is 0.729. The molecule has 2 rings (SSSR count). The maximum atomic E-state index is 11.2. The number of nitrogens with one attached hydrogen (secondary N) is 1. The number of hydrogen-bond donors (Lipinski definition) is 2. The molecule has 0 spiro atoms. The topological polar surface area (TPSA) is 93.9 Å². The molecule has 1 heterocycles. The van der Waals surface area contributed by atoms with Gasteiger partial charge in [0.1, 0.15) is 5.69 Å². The maximum absolute atomic E-state index is 11.2. The number of hydrogen-bond acceptors (Lipinski definition) is 4. The fourth-order valence-corrected chi connectivity index (χ4v) is 2.01. The van der Waals surface area contributed by atoms with Gasteiger partial charge in [-0.2, -0.15) is 15.4 Å². The standard InChI is InChI=1S/C15H20N4O2/c1-2-3-4-9-21-10-11-5-7-12(8-6-11)13-14(15(16)20)18-19-17-13/h5-8H,2-4,9-10H2,1H3,(H2,16,20)(H,17,18,19). The molecule has 3 N–H and O–H groups in total. The first kappa shape index (κ1) is 15.2. The number of unbranched alkanes of at least 4 members (excludes halogenated alkanes) is 2. The zero-order valence-electron chi connectivity index (χ0n) is 12.1. The molecule has 0 atom stereocenters. The van der Waals surface area contributed by atoms with Crippen LogP contribution in [0.4, 0.5) is 0 Å². The molecule has 0 aliphatic carbocycles. The second-order valence-corrected chi connectivity index (χ2v) is 4.84. The fraction of sp³-hybridized carbons (Fsp3) is 0.400. The minimum Gasteiger partial charge on any atom is -0.377 e. The van der Waals surface area contributed by atoms with E-state index in [-0.39, 0.29) is 5.69 Å². The minimum atomic E-state index is -0.595. The summed E-state index contributed by atoms with van der Waals surface area (Å²) in [7, 11) is 0. The van der Waals surface area contributed by atoms with Crippen molar-refractivity contribution in [2.45, 2.75) is 32.8 Å². The van der Waals surface area contributed by atoms with Gasteiger partial charge in [-0.25, -0.2) is 0 Å². The van der Waals surface area contributed by atoms with E-state index in [1.54, 1.807) is 0 Å². The predicted molar refractivity (Wildman–Crippen MR) is 79.5 cm³/mol. The van der Waals surface area contributed by atoms with E-state index in [1.165, 1.54) is 12.8 Å². The van der Waals surface area contributed by atoms with Crippen molar-refractivity contribution in [3.8, 4) is 11.3 Å². The summed E-state index contributed by atoms with van der Waals surface area (Å²) in [4.78, 5) is 11.2. The van der Waals surface area contributed by atoms with Gasteiger partial charge in [-0.1, -0.05) is 44.0 Å². The number of aromatic nitrogens is 3. The summed E-state index contributed by atoms with van der Waals surface area (Å²) in [5.74, 6) is -0.595. The molecular weight excluding hydrogens is 268 g/mol. The van der Waals surface area contributed by atoms with E-state index >= 15 is 0 Å². The third-order valence-corrected chi connectivity index (χ3v) is 3.17. The van der Waals surface area contributed by atoms with Gasteiger partial charge in [-0.15, -0.1) is 0 Å². The van der Waals surface area contributed by atoms with Crippen molar-refractivity contribution in [2.75, 3.05) is 6.61 Å². The lowest BCUT2D eigenvalue weighted by molar-refractivity contribution is 0.0996. The van der Waals surface area contributed by atoms with Gasteiger partial charge in [0.25, 0.3) is 5.91 Å². The van der Waals surface area contributed by atoms with Gasteiger partial charge in [0.15, 0.2) is 5.69 Å². The molecule has 6 nitrogen and oxygen atoms in total. The van der Waals surface area contributed by atoms with Crippen molar-refractivity contribution < 1.29 is 9.53 Å². The molecule has 0 saturated carbocycles. The van der Waals surface area contributed by atoms with E-state index in [0.717, 1.165) is 24.2 Å². The number of benzene rings is 1. The van der Waals surface area contributed by atoms with Gasteiger partial charge in [-0.3, -0.25) is 4.79 Å². The first-order valence-electron chi connectivity index (χ1n) is 7.10. The van der Waals surface area contributed by atoms with Gasteiger partial charge in [0, 0.05) is 12.2 Å². The van der Waals surface area contributed by atoms with Crippen LogP contribution < -0.4 is 5.73 Å². The Hall–Kier alpha value is -2.21. The number of ether oxygens (including phenoxy) is 1. The van der Waals surface area contributed by atoms with Crippen molar-refractivity contribution >= 4 is 5.91 Å². The summed E-state index contributed by atoms with van der Waals surface area (Å²) in [5, 5.41) is 10.1. The molecule has 0 saturated heterocycles. The average molecular weight is 288 g/mol. The van der Waals surface area contributed by atoms with Gasteiger partial charge >= 0.3 is 0 Å². The van der Waals surface area contributed by atoms with Gasteiger partial charge in [0.05, 0.1) is 6.61 Å². The molecule has 1 amide bonds. The first-order chi connectivity index (χ1) is 10.2. The molecular formula is C15H20N4O2. The molecule has 0 radical (unpaired) electrons. The Labute approximate surface area is 123 Å². The molecule has 0 fully saturated rings. The number of nitrogens with two attached hydrogens (primary N) is 1. The van der Waals surface area contributed by atoms with Crippen molar-refractivity contribution in [1.29, 1.82) is 0 Å². The number of amides is 1. The minimum absolute atomic E-state index is 0.151. The number of carbonyl (C=O) groups excluding carboxylic acids is 1. The number of primary amides is 1. The Morgan fingerprint density at radius 3 is 2.67 bits per heavy atom. The SMILES string of the molecule is CCCCCOCc1ccc(-c2n[nH]nc2C(N)=O)cc1. The van der Waals surface area contributed by atoms with Crippen LogP contribution in [0.3, 0.4) is 0 Å². The Kier molecular flexibility index (Phi) is 5.45. The number of H-pyrrole nitrogens is 1. The zero-order valence-corrected chi connectivity index (χ0v) is 12.1. The highest BCUT2D eigenvalue weighted by Crippen LogP contribution is 2.20. The highest BCUT2D eigenvalue weighted by Gasteiger charge is 2.14. The Morgan fingerprint density at radius 2 is 2.00 bits per heavy atom. The molecule has 0 bridgehead atoms. The Bertz CT molecular complexity index is 578. The van der Waals surface area contributed by atoms with E-state index in [4.69, 9.17) is 10.5 Å². The molecule has 2 aromatic rings. The van der Waals surface area contributed by atoms with Crippen LogP contribution in [0.5, 0.6) is 0 Å². The summed E-state index contributed by atoms with van der Waals surface area (Å²) in [6.45, 7) is 3.54. The van der Waals surface area contributed by atoms with E-state index in [2.05, 4.69) is 22.3 Å². The second kappa shape index (κ2) is 7.54.